The molecule has 4 unspecified atom stereocenters. The summed E-state index contributed by atoms with van der Waals surface area (Å²) in [5, 5.41) is 7.59. The Hall–Kier alpha value is -0.700. The number of rotatable bonds is 5. The van der Waals surface area contributed by atoms with E-state index in [1.165, 1.54) is 4.57 Å². The van der Waals surface area contributed by atoms with Gasteiger partial charge < -0.3 is 9.47 Å². The number of aromatic nitrogens is 3. The van der Waals surface area contributed by atoms with Gasteiger partial charge in [0.15, 0.2) is 0 Å². The maximum atomic E-state index is 11.6. The van der Waals surface area contributed by atoms with E-state index in [1.54, 1.807) is 7.11 Å². The Morgan fingerprint density at radius 3 is 2.43 bits per heavy atom. The van der Waals surface area contributed by atoms with Crippen molar-refractivity contribution in [3.63, 3.8) is 0 Å². The molecule has 0 N–H and O–H groups in total. The fraction of sp³-hybridized carbons (Fsp3) is 0.833. The van der Waals surface area contributed by atoms with Gasteiger partial charge in [0.1, 0.15) is 5.82 Å². The zero-order valence-corrected chi connectivity index (χ0v) is 14.1. The molecule has 0 saturated carbocycles. The van der Waals surface area contributed by atoms with E-state index < -0.39 is 9.05 Å². The van der Waals surface area contributed by atoms with Crippen molar-refractivity contribution in [1.29, 1.82) is 0 Å². The van der Waals surface area contributed by atoms with Crippen molar-refractivity contribution in [1.82, 2.24) is 14.8 Å². The van der Waals surface area contributed by atoms with Crippen molar-refractivity contribution in [2.45, 2.75) is 50.6 Å². The number of hydrogen-bond donors (Lipinski definition) is 0. The van der Waals surface area contributed by atoms with Crippen molar-refractivity contribution in [3.8, 4) is 0 Å². The third-order valence-electron chi connectivity index (χ3n) is 4.02. The molecule has 0 spiro atoms. The molecule has 7 nitrogen and oxygen atoms in total. The van der Waals surface area contributed by atoms with Crippen LogP contribution in [-0.4, -0.2) is 49.1 Å². The van der Waals surface area contributed by atoms with Gasteiger partial charge in [-0.3, -0.25) is 4.57 Å². The zero-order valence-electron chi connectivity index (χ0n) is 12.5. The highest BCUT2D eigenvalue weighted by molar-refractivity contribution is 8.13. The van der Waals surface area contributed by atoms with Crippen LogP contribution < -0.4 is 0 Å². The smallest absolute Gasteiger partial charge is 0.296 e. The molecule has 1 aliphatic rings. The molecule has 0 radical (unpaired) electrons. The normalized spacial score (nSPS) is 30.0. The predicted octanol–water partition coefficient (Wildman–Crippen LogP) is 1.38. The largest absolute Gasteiger partial charge is 0.383 e. The summed E-state index contributed by atoms with van der Waals surface area (Å²) in [5.74, 6) is 0.753. The van der Waals surface area contributed by atoms with Crippen LogP contribution in [0.15, 0.2) is 5.16 Å². The van der Waals surface area contributed by atoms with Crippen LogP contribution in [0.1, 0.15) is 32.5 Å². The van der Waals surface area contributed by atoms with Gasteiger partial charge in [0.25, 0.3) is 14.2 Å². The molecule has 1 aromatic heterocycles. The average Bonchev–Trinajstić information content (AvgIpc) is 2.89. The molecule has 1 aromatic rings. The number of methoxy groups -OCH3 is 1. The van der Waals surface area contributed by atoms with E-state index in [-0.39, 0.29) is 29.2 Å². The Balaban J connectivity index is 2.46. The molecule has 1 fully saturated rings. The molecule has 0 amide bonds. The van der Waals surface area contributed by atoms with Gasteiger partial charge in [0.05, 0.1) is 24.7 Å². The Labute approximate surface area is 129 Å². The summed E-state index contributed by atoms with van der Waals surface area (Å²) >= 11 is 0. The summed E-state index contributed by atoms with van der Waals surface area (Å²) in [6, 6.07) is 0. The minimum absolute atomic E-state index is 0.0310. The monoisotopic (exact) mass is 337 g/mol. The highest BCUT2D eigenvalue weighted by Gasteiger charge is 2.42. The lowest BCUT2D eigenvalue weighted by Crippen LogP contribution is -2.22. The Bertz CT molecular complexity index is 604. The van der Waals surface area contributed by atoms with Crippen molar-refractivity contribution >= 4 is 19.7 Å². The van der Waals surface area contributed by atoms with Crippen molar-refractivity contribution in [2.75, 3.05) is 13.7 Å². The van der Waals surface area contributed by atoms with Gasteiger partial charge >= 0.3 is 0 Å². The van der Waals surface area contributed by atoms with E-state index in [4.69, 9.17) is 20.2 Å². The zero-order chi connectivity index (χ0) is 15.8. The number of nitrogens with zero attached hydrogens (tertiary/aromatic N) is 3. The third kappa shape index (κ3) is 3.23. The second-order valence-electron chi connectivity index (χ2n) is 5.35. The molecule has 0 aromatic carbocycles. The van der Waals surface area contributed by atoms with Crippen molar-refractivity contribution < 1.29 is 17.9 Å². The SMILES string of the molecule is COCCn1c(C2C(C)OC(C)C2C)nnc1S(=O)(=O)Cl. The summed E-state index contributed by atoms with van der Waals surface area (Å²) < 4.78 is 35.6. The van der Waals surface area contributed by atoms with E-state index in [9.17, 15) is 8.42 Å². The Morgan fingerprint density at radius 2 is 1.95 bits per heavy atom. The van der Waals surface area contributed by atoms with Gasteiger partial charge in [0, 0.05) is 24.3 Å². The molecule has 9 heteroatoms. The van der Waals surface area contributed by atoms with Crippen LogP contribution in [0.2, 0.25) is 0 Å². The topological polar surface area (TPSA) is 83.3 Å². The molecule has 21 heavy (non-hydrogen) atoms. The van der Waals surface area contributed by atoms with Crippen LogP contribution in [0.5, 0.6) is 0 Å². The van der Waals surface area contributed by atoms with Gasteiger partial charge in [-0.05, 0) is 19.8 Å². The molecule has 1 aliphatic heterocycles. The second kappa shape index (κ2) is 6.20. The predicted molar refractivity (Wildman–Crippen MR) is 76.9 cm³/mol. The maximum Gasteiger partial charge on any atom is 0.296 e. The highest BCUT2D eigenvalue weighted by atomic mass is 35.7. The first-order valence-corrected chi connectivity index (χ1v) is 9.10. The molecular weight excluding hydrogens is 318 g/mol. The van der Waals surface area contributed by atoms with Gasteiger partial charge in [-0.1, -0.05) is 6.92 Å². The van der Waals surface area contributed by atoms with Crippen molar-refractivity contribution in [3.05, 3.63) is 5.82 Å². The molecule has 4 atom stereocenters. The summed E-state index contributed by atoms with van der Waals surface area (Å²) in [7, 11) is 3.03. The minimum Gasteiger partial charge on any atom is -0.383 e. The fourth-order valence-corrected chi connectivity index (χ4v) is 3.76. The lowest BCUT2D eigenvalue weighted by atomic mass is 9.89. The molecule has 0 aliphatic carbocycles. The van der Waals surface area contributed by atoms with E-state index in [0.717, 1.165) is 0 Å². The summed E-state index contributed by atoms with van der Waals surface area (Å²) in [6.07, 6.45) is 0.0139. The van der Waals surface area contributed by atoms with E-state index in [1.807, 2.05) is 13.8 Å². The van der Waals surface area contributed by atoms with Gasteiger partial charge in [0.2, 0.25) is 0 Å². The van der Waals surface area contributed by atoms with Crippen LogP contribution in [0.3, 0.4) is 0 Å². The van der Waals surface area contributed by atoms with E-state index in [0.29, 0.717) is 19.0 Å². The Morgan fingerprint density at radius 1 is 1.29 bits per heavy atom. The first-order valence-electron chi connectivity index (χ1n) is 6.79. The maximum absolute atomic E-state index is 11.6. The summed E-state index contributed by atoms with van der Waals surface area (Å²) in [6.45, 7) is 6.68. The van der Waals surface area contributed by atoms with Crippen LogP contribution in [0, 0.1) is 5.92 Å². The van der Waals surface area contributed by atoms with Crippen LogP contribution in [0.25, 0.3) is 0 Å². The quantitative estimate of drug-likeness (QED) is 0.755. The lowest BCUT2D eigenvalue weighted by molar-refractivity contribution is 0.0550. The van der Waals surface area contributed by atoms with Crippen LogP contribution >= 0.6 is 10.7 Å². The lowest BCUT2D eigenvalue weighted by Gasteiger charge is -2.19. The number of ether oxygens (including phenoxy) is 2. The Kier molecular flexibility index (Phi) is 4.92. The highest BCUT2D eigenvalue weighted by Crippen LogP contribution is 2.39. The average molecular weight is 338 g/mol. The first-order chi connectivity index (χ1) is 9.77. The summed E-state index contributed by atoms with van der Waals surface area (Å²) in [4.78, 5) is 0. The summed E-state index contributed by atoms with van der Waals surface area (Å²) in [5.41, 5.74) is 0. The van der Waals surface area contributed by atoms with E-state index in [2.05, 4.69) is 17.1 Å². The molecule has 1 saturated heterocycles. The van der Waals surface area contributed by atoms with Gasteiger partial charge in [-0.2, -0.15) is 0 Å². The third-order valence-corrected chi connectivity index (χ3v) is 5.17. The van der Waals surface area contributed by atoms with Gasteiger partial charge in [-0.15, -0.1) is 10.2 Å². The van der Waals surface area contributed by atoms with Crippen molar-refractivity contribution in [2.24, 2.45) is 5.92 Å². The standard InChI is InChI=1S/C12H20ClN3O4S/c1-7-8(2)20-9(3)10(7)11-14-15-12(21(13,17)18)16(11)5-6-19-4/h7-10H,5-6H2,1-4H3. The molecule has 2 rings (SSSR count). The van der Waals surface area contributed by atoms with Gasteiger partial charge in [-0.25, -0.2) is 8.42 Å². The minimum atomic E-state index is -3.96. The molecule has 0 bridgehead atoms. The van der Waals surface area contributed by atoms with Crippen LogP contribution in [-0.2, 0) is 25.1 Å². The van der Waals surface area contributed by atoms with E-state index >= 15 is 0 Å². The fourth-order valence-electron chi connectivity index (χ4n) is 2.83. The second-order valence-corrected chi connectivity index (χ2v) is 7.81. The number of halogens is 1. The molecule has 120 valence electrons. The molecule has 2 heterocycles. The molecular formula is C12H20ClN3O4S. The van der Waals surface area contributed by atoms with Crippen LogP contribution in [0.4, 0.5) is 0 Å². The number of hydrogen-bond acceptors (Lipinski definition) is 6. The first kappa shape index (κ1) is 16.7.